The van der Waals surface area contributed by atoms with Gasteiger partial charge in [0.25, 0.3) is 0 Å². The summed E-state index contributed by atoms with van der Waals surface area (Å²) in [6.07, 6.45) is 16.3. The molecule has 0 heterocycles. The van der Waals surface area contributed by atoms with Crippen molar-refractivity contribution in [3.8, 4) is 0 Å². The number of rotatable bonds is 21. The minimum atomic E-state index is -1.43. The van der Waals surface area contributed by atoms with Crippen LogP contribution in [0.15, 0.2) is 0 Å². The molecule has 0 saturated heterocycles. The van der Waals surface area contributed by atoms with Gasteiger partial charge < -0.3 is 0 Å². The fourth-order valence-corrected chi connectivity index (χ4v) is 17.2. The molecule has 0 rings (SSSR count). The van der Waals surface area contributed by atoms with Crippen LogP contribution in [0.2, 0.25) is 0 Å². The SMILES string of the molecule is CCCCC(CC)CSP(=S)(SCC(CC)CCCC)SCC(CC)CCCC. The van der Waals surface area contributed by atoms with Crippen LogP contribution in [0.1, 0.15) is 119 Å². The summed E-state index contributed by atoms with van der Waals surface area (Å²) in [5, 5.41) is 0. The fraction of sp³-hybridized carbons (Fsp3) is 1.00. The van der Waals surface area contributed by atoms with Crippen molar-refractivity contribution in [3.63, 3.8) is 0 Å². The van der Waals surface area contributed by atoms with Crippen molar-refractivity contribution in [3.05, 3.63) is 0 Å². The van der Waals surface area contributed by atoms with Crippen LogP contribution < -0.4 is 0 Å². The van der Waals surface area contributed by atoms with Gasteiger partial charge in [-0.3, -0.25) is 0 Å². The summed E-state index contributed by atoms with van der Waals surface area (Å²) in [4.78, 5) is 0. The number of unbranched alkanes of at least 4 members (excludes halogenated alkanes) is 3. The van der Waals surface area contributed by atoms with E-state index < -0.39 is 3.64 Å². The highest BCUT2D eigenvalue weighted by atomic mass is 33.5. The molecule has 3 unspecified atom stereocenters. The summed E-state index contributed by atoms with van der Waals surface area (Å²) in [7, 11) is 0. The zero-order valence-corrected chi connectivity index (χ0v) is 24.6. The van der Waals surface area contributed by atoms with Gasteiger partial charge in [0.05, 0.1) is 0 Å². The van der Waals surface area contributed by atoms with Crippen molar-refractivity contribution >= 4 is 49.6 Å². The second-order valence-corrected chi connectivity index (χ2v) is 24.3. The second kappa shape index (κ2) is 20.3. The van der Waals surface area contributed by atoms with E-state index in [1.54, 1.807) is 0 Å². The summed E-state index contributed by atoms with van der Waals surface area (Å²) >= 11 is 13.1. The van der Waals surface area contributed by atoms with Crippen LogP contribution in [0.4, 0.5) is 0 Å². The predicted octanol–water partition coefficient (Wildman–Crippen LogP) is 11.1. The highest BCUT2D eigenvalue weighted by Crippen LogP contribution is 2.79. The number of hydrogen-bond donors (Lipinski definition) is 0. The van der Waals surface area contributed by atoms with Crippen LogP contribution in [0.3, 0.4) is 0 Å². The Morgan fingerprint density at radius 3 is 1.03 bits per heavy atom. The first kappa shape index (κ1) is 30.7. The molecule has 0 aliphatic carbocycles. The van der Waals surface area contributed by atoms with E-state index in [0.29, 0.717) is 0 Å². The van der Waals surface area contributed by atoms with Gasteiger partial charge in [-0.1, -0.05) is 111 Å². The monoisotopic (exact) mass is 498 g/mol. The van der Waals surface area contributed by atoms with Crippen molar-refractivity contribution in [1.29, 1.82) is 0 Å². The quantitative estimate of drug-likeness (QED) is 0.144. The van der Waals surface area contributed by atoms with Gasteiger partial charge in [-0.15, -0.1) is 34.1 Å². The molecular weight excluding hydrogens is 448 g/mol. The van der Waals surface area contributed by atoms with Crippen LogP contribution >= 0.6 is 37.8 Å². The first-order valence-corrected chi connectivity index (χ1v) is 20.1. The first-order chi connectivity index (χ1) is 14.0. The second-order valence-electron chi connectivity index (χ2n) is 8.58. The van der Waals surface area contributed by atoms with Crippen molar-refractivity contribution in [2.45, 2.75) is 119 Å². The molecule has 0 amide bonds. The minimum Gasteiger partial charge on any atom is -0.104 e. The van der Waals surface area contributed by atoms with Gasteiger partial charge in [0.2, 0.25) is 0 Å². The van der Waals surface area contributed by atoms with Crippen LogP contribution in [0, 0.1) is 17.8 Å². The third-order valence-corrected chi connectivity index (χ3v) is 21.6. The van der Waals surface area contributed by atoms with Crippen molar-refractivity contribution in [1.82, 2.24) is 0 Å². The highest BCUT2D eigenvalue weighted by Gasteiger charge is 2.24. The molecule has 0 fully saturated rings. The van der Waals surface area contributed by atoms with Crippen molar-refractivity contribution in [2.24, 2.45) is 17.8 Å². The molecule has 0 radical (unpaired) electrons. The molecule has 0 aliphatic heterocycles. The van der Waals surface area contributed by atoms with E-state index >= 15 is 0 Å². The van der Waals surface area contributed by atoms with Crippen molar-refractivity contribution in [2.75, 3.05) is 17.3 Å². The zero-order chi connectivity index (χ0) is 22.0. The molecule has 5 heteroatoms. The Morgan fingerprint density at radius 1 is 0.552 bits per heavy atom. The Kier molecular flexibility index (Phi) is 21.5. The van der Waals surface area contributed by atoms with E-state index in [-0.39, 0.29) is 0 Å². The molecule has 0 aliphatic rings. The lowest BCUT2D eigenvalue weighted by atomic mass is 10.0. The normalized spacial score (nSPS) is 17.0. The predicted molar refractivity (Wildman–Crippen MR) is 152 cm³/mol. The van der Waals surface area contributed by atoms with Crippen LogP contribution in [-0.2, 0) is 11.8 Å². The molecule has 0 nitrogen and oxygen atoms in total. The summed E-state index contributed by atoms with van der Waals surface area (Å²) < 4.78 is -1.43. The lowest BCUT2D eigenvalue weighted by Gasteiger charge is -2.26. The molecular formula is C24H51PS4. The standard InChI is InChI=1S/C24H51PS4/c1-7-13-16-22(10-4)19-27-25(26,28-20-23(11-5)17-14-8-2)29-21-24(12-6)18-15-9-3/h22-24H,7-21H2,1-6H3. The molecule has 0 N–H and O–H groups in total. The lowest BCUT2D eigenvalue weighted by Crippen LogP contribution is -2.04. The van der Waals surface area contributed by atoms with Crippen LogP contribution in [0.5, 0.6) is 0 Å². The van der Waals surface area contributed by atoms with E-state index in [2.05, 4.69) is 75.7 Å². The van der Waals surface area contributed by atoms with Crippen molar-refractivity contribution < 1.29 is 0 Å². The largest absolute Gasteiger partial charge is 0.109 e. The molecule has 0 aromatic carbocycles. The van der Waals surface area contributed by atoms with Gasteiger partial charge in [0.15, 0.2) is 0 Å². The van der Waals surface area contributed by atoms with Gasteiger partial charge in [-0.05, 0) is 37.0 Å². The zero-order valence-electron chi connectivity index (χ0n) is 20.4. The van der Waals surface area contributed by atoms with Gasteiger partial charge in [0.1, 0.15) is 3.64 Å². The molecule has 0 saturated carbocycles. The Balaban J connectivity index is 4.91. The fourth-order valence-electron chi connectivity index (χ4n) is 3.40. The third kappa shape index (κ3) is 16.0. The molecule has 3 atom stereocenters. The smallest absolute Gasteiger partial charge is 0.104 e. The van der Waals surface area contributed by atoms with Gasteiger partial charge in [-0.25, -0.2) is 0 Å². The Bertz CT molecular complexity index is 345. The van der Waals surface area contributed by atoms with Crippen LogP contribution in [-0.4, -0.2) is 17.3 Å². The average Bonchev–Trinajstić information content (AvgIpc) is 2.74. The van der Waals surface area contributed by atoms with E-state index in [9.17, 15) is 0 Å². The molecule has 0 bridgehead atoms. The Hall–Kier alpha value is 1.70. The lowest BCUT2D eigenvalue weighted by molar-refractivity contribution is 0.500. The topological polar surface area (TPSA) is 0 Å². The van der Waals surface area contributed by atoms with Gasteiger partial charge in [0, 0.05) is 17.3 Å². The first-order valence-electron chi connectivity index (χ1n) is 12.5. The molecule has 0 aromatic rings. The minimum absolute atomic E-state index is 0.868. The maximum atomic E-state index is 6.44. The maximum Gasteiger partial charge on any atom is 0.109 e. The molecule has 29 heavy (non-hydrogen) atoms. The van der Waals surface area contributed by atoms with Gasteiger partial charge in [-0.2, -0.15) is 0 Å². The van der Waals surface area contributed by atoms with E-state index in [4.69, 9.17) is 11.8 Å². The van der Waals surface area contributed by atoms with E-state index in [1.165, 1.54) is 94.3 Å². The summed E-state index contributed by atoms with van der Waals surface area (Å²) in [6, 6.07) is 0. The Labute approximate surface area is 202 Å². The summed E-state index contributed by atoms with van der Waals surface area (Å²) in [6.45, 7) is 14.1. The summed E-state index contributed by atoms with van der Waals surface area (Å²) in [5.41, 5.74) is 0. The number of hydrogen-bond acceptors (Lipinski definition) is 4. The Morgan fingerprint density at radius 2 is 0.828 bits per heavy atom. The van der Waals surface area contributed by atoms with E-state index in [1.807, 2.05) is 0 Å². The summed E-state index contributed by atoms with van der Waals surface area (Å²) in [5.74, 6) is 6.50. The molecule has 0 aromatic heterocycles. The molecule has 0 spiro atoms. The van der Waals surface area contributed by atoms with Gasteiger partial charge >= 0.3 is 0 Å². The average molecular weight is 499 g/mol. The maximum absolute atomic E-state index is 6.44. The molecule has 176 valence electrons. The third-order valence-electron chi connectivity index (χ3n) is 6.03. The van der Waals surface area contributed by atoms with E-state index in [0.717, 1.165) is 17.8 Å². The highest BCUT2D eigenvalue weighted by molar-refractivity contribution is 9.23. The van der Waals surface area contributed by atoms with Crippen LogP contribution in [0.25, 0.3) is 0 Å².